The van der Waals surface area contributed by atoms with Crippen LogP contribution in [0.25, 0.3) is 0 Å². The summed E-state index contributed by atoms with van der Waals surface area (Å²) in [5.74, 6) is 0. The summed E-state index contributed by atoms with van der Waals surface area (Å²) in [7, 11) is 0. The second kappa shape index (κ2) is 12.8. The highest BCUT2D eigenvalue weighted by Crippen LogP contribution is 2.12. The van der Waals surface area contributed by atoms with Crippen molar-refractivity contribution in [2.24, 2.45) is 0 Å². The SMILES string of the molecule is CCC[N+](CCC)(CCC)CCC.OCc1ccccc1. The molecule has 0 aromatic heterocycles. The van der Waals surface area contributed by atoms with E-state index in [-0.39, 0.29) is 6.61 Å². The predicted octanol–water partition coefficient (Wildman–Crippen LogP) is 4.62. The molecule has 0 unspecified atom stereocenters. The number of benzene rings is 1. The van der Waals surface area contributed by atoms with E-state index in [0.29, 0.717) is 0 Å². The molecule has 0 atom stereocenters. The van der Waals surface area contributed by atoms with Crippen LogP contribution in [0.4, 0.5) is 0 Å². The first kappa shape index (κ1) is 20.1. The van der Waals surface area contributed by atoms with Crippen molar-refractivity contribution in [3.63, 3.8) is 0 Å². The molecule has 0 saturated heterocycles. The summed E-state index contributed by atoms with van der Waals surface area (Å²) in [6.07, 6.45) is 5.33. The van der Waals surface area contributed by atoms with E-state index in [1.54, 1.807) is 0 Å². The molecule has 21 heavy (non-hydrogen) atoms. The van der Waals surface area contributed by atoms with Crippen LogP contribution < -0.4 is 0 Å². The maximum absolute atomic E-state index is 8.54. The third-order valence-corrected chi connectivity index (χ3v) is 3.82. The largest absolute Gasteiger partial charge is 0.392 e. The van der Waals surface area contributed by atoms with Crippen molar-refractivity contribution >= 4 is 0 Å². The Hall–Kier alpha value is -0.860. The van der Waals surface area contributed by atoms with E-state index in [1.165, 1.54) is 56.3 Å². The second-order valence-corrected chi connectivity index (χ2v) is 5.88. The highest BCUT2D eigenvalue weighted by Gasteiger charge is 2.22. The lowest BCUT2D eigenvalue weighted by atomic mass is 10.2. The normalized spacial score (nSPS) is 10.9. The Morgan fingerprint density at radius 3 is 1.33 bits per heavy atom. The van der Waals surface area contributed by atoms with E-state index in [2.05, 4.69) is 27.7 Å². The lowest BCUT2D eigenvalue weighted by Gasteiger charge is -2.38. The number of nitrogens with zero attached hydrogens (tertiary/aromatic N) is 1. The van der Waals surface area contributed by atoms with Crippen molar-refractivity contribution < 1.29 is 9.59 Å². The van der Waals surface area contributed by atoms with Crippen LogP contribution in [0.1, 0.15) is 58.9 Å². The zero-order valence-corrected chi connectivity index (χ0v) is 14.6. The molecular formula is C19H36NO+. The van der Waals surface area contributed by atoms with Gasteiger partial charge in [-0.25, -0.2) is 0 Å². The highest BCUT2D eigenvalue weighted by atomic mass is 16.3. The number of hydrogen-bond acceptors (Lipinski definition) is 1. The first-order valence-corrected chi connectivity index (χ1v) is 8.67. The van der Waals surface area contributed by atoms with E-state index >= 15 is 0 Å². The number of rotatable bonds is 9. The molecule has 1 rings (SSSR count). The minimum atomic E-state index is 0.140. The monoisotopic (exact) mass is 294 g/mol. The fraction of sp³-hybridized carbons (Fsp3) is 0.684. The van der Waals surface area contributed by atoms with Gasteiger partial charge in [0.25, 0.3) is 0 Å². The molecule has 122 valence electrons. The summed E-state index contributed by atoms with van der Waals surface area (Å²) in [5.41, 5.74) is 0.965. The van der Waals surface area contributed by atoms with Gasteiger partial charge in [-0.3, -0.25) is 0 Å². The van der Waals surface area contributed by atoms with Crippen molar-refractivity contribution in [2.45, 2.75) is 60.0 Å². The van der Waals surface area contributed by atoms with Gasteiger partial charge in [0.2, 0.25) is 0 Å². The van der Waals surface area contributed by atoms with Gasteiger partial charge in [-0.05, 0) is 31.2 Å². The van der Waals surface area contributed by atoms with E-state index in [9.17, 15) is 0 Å². The molecule has 1 N–H and O–H groups in total. The number of quaternary nitrogens is 1. The van der Waals surface area contributed by atoms with Crippen LogP contribution in [0.15, 0.2) is 30.3 Å². The van der Waals surface area contributed by atoms with Gasteiger partial charge in [0.1, 0.15) is 0 Å². The average Bonchev–Trinajstić information content (AvgIpc) is 2.50. The second-order valence-electron chi connectivity index (χ2n) is 5.88. The summed E-state index contributed by atoms with van der Waals surface area (Å²) in [5, 5.41) is 8.54. The van der Waals surface area contributed by atoms with E-state index in [1.807, 2.05) is 30.3 Å². The Bertz CT molecular complexity index is 294. The molecular weight excluding hydrogens is 258 g/mol. The van der Waals surface area contributed by atoms with E-state index in [4.69, 9.17) is 5.11 Å². The Morgan fingerprint density at radius 2 is 1.10 bits per heavy atom. The van der Waals surface area contributed by atoms with Crippen LogP contribution >= 0.6 is 0 Å². The molecule has 1 aromatic carbocycles. The van der Waals surface area contributed by atoms with Crippen molar-refractivity contribution in [3.05, 3.63) is 35.9 Å². The van der Waals surface area contributed by atoms with Crippen molar-refractivity contribution in [1.82, 2.24) is 0 Å². The van der Waals surface area contributed by atoms with Crippen LogP contribution in [0, 0.1) is 0 Å². The summed E-state index contributed by atoms with van der Waals surface area (Å²) in [6, 6.07) is 9.52. The summed E-state index contributed by atoms with van der Waals surface area (Å²) in [4.78, 5) is 0. The van der Waals surface area contributed by atoms with Crippen LogP contribution in [0.2, 0.25) is 0 Å². The smallest absolute Gasteiger partial charge is 0.0783 e. The molecule has 2 heteroatoms. The van der Waals surface area contributed by atoms with Gasteiger partial charge in [-0.15, -0.1) is 0 Å². The molecule has 1 aromatic rings. The van der Waals surface area contributed by atoms with Gasteiger partial charge < -0.3 is 9.59 Å². The quantitative estimate of drug-likeness (QED) is 0.659. The first-order chi connectivity index (χ1) is 10.2. The van der Waals surface area contributed by atoms with Crippen molar-refractivity contribution in [3.8, 4) is 0 Å². The summed E-state index contributed by atoms with van der Waals surface area (Å²) in [6.45, 7) is 14.9. The standard InChI is InChI=1S/C12H28N.C7H8O/c1-5-9-13(10-6-2,11-7-3)12-8-4;8-6-7-4-2-1-3-5-7/h5-12H2,1-4H3;1-5,8H,6H2/q+1;. The Kier molecular flexibility index (Phi) is 12.3. The van der Waals surface area contributed by atoms with Crippen LogP contribution in [0.3, 0.4) is 0 Å². The molecule has 0 fully saturated rings. The molecule has 0 aliphatic carbocycles. The maximum Gasteiger partial charge on any atom is 0.0783 e. The van der Waals surface area contributed by atoms with Crippen molar-refractivity contribution in [2.75, 3.05) is 26.2 Å². The minimum Gasteiger partial charge on any atom is -0.392 e. The van der Waals surface area contributed by atoms with Crippen LogP contribution in [0.5, 0.6) is 0 Å². The fourth-order valence-electron chi connectivity index (χ4n) is 3.15. The van der Waals surface area contributed by atoms with Gasteiger partial charge in [0.05, 0.1) is 32.8 Å². The molecule has 0 aliphatic rings. The average molecular weight is 295 g/mol. The third kappa shape index (κ3) is 8.90. The fourth-order valence-corrected chi connectivity index (χ4v) is 3.15. The number of hydrogen-bond donors (Lipinski definition) is 1. The van der Waals surface area contributed by atoms with E-state index < -0.39 is 0 Å². The molecule has 0 aliphatic heterocycles. The lowest BCUT2D eigenvalue weighted by Crippen LogP contribution is -2.50. The van der Waals surface area contributed by atoms with E-state index in [0.717, 1.165) is 5.56 Å². The number of aliphatic hydroxyl groups is 1. The number of aliphatic hydroxyl groups excluding tert-OH is 1. The lowest BCUT2D eigenvalue weighted by molar-refractivity contribution is -0.928. The van der Waals surface area contributed by atoms with Crippen LogP contribution in [-0.4, -0.2) is 35.8 Å². The molecule has 0 heterocycles. The van der Waals surface area contributed by atoms with Gasteiger partial charge in [-0.1, -0.05) is 58.0 Å². The zero-order valence-electron chi connectivity index (χ0n) is 14.6. The highest BCUT2D eigenvalue weighted by molar-refractivity contribution is 5.12. The molecule has 2 nitrogen and oxygen atoms in total. The molecule has 0 spiro atoms. The van der Waals surface area contributed by atoms with Crippen molar-refractivity contribution in [1.29, 1.82) is 0 Å². The van der Waals surface area contributed by atoms with Gasteiger partial charge >= 0.3 is 0 Å². The minimum absolute atomic E-state index is 0.140. The molecule has 0 radical (unpaired) electrons. The zero-order chi connectivity index (χ0) is 16.0. The third-order valence-electron chi connectivity index (χ3n) is 3.82. The van der Waals surface area contributed by atoms with Crippen LogP contribution in [-0.2, 0) is 6.61 Å². The van der Waals surface area contributed by atoms with Gasteiger partial charge in [0.15, 0.2) is 0 Å². The molecule has 0 amide bonds. The Labute approximate surface area is 132 Å². The molecule has 0 saturated carbocycles. The summed E-state index contributed by atoms with van der Waals surface area (Å²) < 4.78 is 1.38. The maximum atomic E-state index is 8.54. The first-order valence-electron chi connectivity index (χ1n) is 8.67. The summed E-state index contributed by atoms with van der Waals surface area (Å²) >= 11 is 0. The molecule has 0 bridgehead atoms. The topological polar surface area (TPSA) is 20.2 Å². The Morgan fingerprint density at radius 1 is 0.714 bits per heavy atom. The van der Waals surface area contributed by atoms with Gasteiger partial charge in [-0.2, -0.15) is 0 Å². The van der Waals surface area contributed by atoms with Gasteiger partial charge in [0, 0.05) is 0 Å². The predicted molar refractivity (Wildman–Crippen MR) is 93.3 cm³/mol. The Balaban J connectivity index is 0.000000423.